The van der Waals surface area contributed by atoms with Gasteiger partial charge in [0.05, 0.1) is 21.6 Å². The van der Waals surface area contributed by atoms with E-state index in [1.165, 1.54) is 6.92 Å². The van der Waals surface area contributed by atoms with Crippen molar-refractivity contribution in [2.45, 2.75) is 13.8 Å². The fourth-order valence-electron chi connectivity index (χ4n) is 1.59. The number of hydrogen-bond donors (Lipinski definition) is 1. The van der Waals surface area contributed by atoms with E-state index in [0.29, 0.717) is 10.8 Å². The first-order valence-electron chi connectivity index (χ1n) is 4.65. The molecule has 0 saturated heterocycles. The number of esters is 1. The molecule has 0 saturated carbocycles. The van der Waals surface area contributed by atoms with Crippen molar-refractivity contribution in [2.75, 3.05) is 0 Å². The molecular formula is C11H9BrClNO2. The molecule has 3 nitrogen and oxygen atoms in total. The molecule has 2 aromatic rings. The van der Waals surface area contributed by atoms with E-state index >= 15 is 0 Å². The SMILES string of the molecule is CC(=O)Oc1c(C)[nH]c2ccc(Cl)c(Br)c12. The molecular weight excluding hydrogens is 293 g/mol. The van der Waals surface area contributed by atoms with Gasteiger partial charge >= 0.3 is 5.97 Å². The highest BCUT2D eigenvalue weighted by Gasteiger charge is 2.16. The van der Waals surface area contributed by atoms with Gasteiger partial charge in [0.15, 0.2) is 5.75 Å². The summed E-state index contributed by atoms with van der Waals surface area (Å²) >= 11 is 9.40. The van der Waals surface area contributed by atoms with Crippen LogP contribution in [0.1, 0.15) is 12.6 Å². The molecule has 0 radical (unpaired) electrons. The Morgan fingerprint density at radius 1 is 1.50 bits per heavy atom. The van der Waals surface area contributed by atoms with Crippen LogP contribution < -0.4 is 4.74 Å². The highest BCUT2D eigenvalue weighted by Crippen LogP contribution is 2.39. The molecule has 0 fully saturated rings. The number of aromatic nitrogens is 1. The normalized spacial score (nSPS) is 10.8. The van der Waals surface area contributed by atoms with Crippen LogP contribution in [0.4, 0.5) is 0 Å². The molecule has 0 aliphatic heterocycles. The molecule has 0 bridgehead atoms. The van der Waals surface area contributed by atoms with Crippen LogP contribution in [0, 0.1) is 6.92 Å². The van der Waals surface area contributed by atoms with Crippen LogP contribution >= 0.6 is 27.5 Å². The van der Waals surface area contributed by atoms with E-state index < -0.39 is 0 Å². The molecule has 0 aliphatic rings. The number of H-pyrrole nitrogens is 1. The van der Waals surface area contributed by atoms with E-state index in [2.05, 4.69) is 20.9 Å². The molecule has 1 N–H and O–H groups in total. The minimum atomic E-state index is -0.351. The summed E-state index contributed by atoms with van der Waals surface area (Å²) in [7, 11) is 0. The van der Waals surface area contributed by atoms with Crippen molar-refractivity contribution < 1.29 is 9.53 Å². The monoisotopic (exact) mass is 301 g/mol. The summed E-state index contributed by atoms with van der Waals surface area (Å²) in [5.74, 6) is 0.174. The lowest BCUT2D eigenvalue weighted by Crippen LogP contribution is -2.01. The Hall–Kier alpha value is -1.000. The summed E-state index contributed by atoms with van der Waals surface area (Å²) in [6.45, 7) is 3.22. The van der Waals surface area contributed by atoms with Crippen LogP contribution in [0.5, 0.6) is 5.75 Å². The van der Waals surface area contributed by atoms with Crippen molar-refractivity contribution in [3.8, 4) is 5.75 Å². The summed E-state index contributed by atoms with van der Waals surface area (Å²) in [5.41, 5.74) is 1.68. The van der Waals surface area contributed by atoms with E-state index in [1.54, 1.807) is 6.07 Å². The number of rotatable bonds is 1. The molecule has 1 aromatic heterocycles. The van der Waals surface area contributed by atoms with E-state index in [9.17, 15) is 4.79 Å². The molecule has 1 aromatic carbocycles. The van der Waals surface area contributed by atoms with E-state index in [0.717, 1.165) is 21.1 Å². The summed E-state index contributed by atoms with van der Waals surface area (Å²) in [4.78, 5) is 14.2. The molecule has 16 heavy (non-hydrogen) atoms. The largest absolute Gasteiger partial charge is 0.424 e. The van der Waals surface area contributed by atoms with Gasteiger partial charge in [-0.25, -0.2) is 0 Å². The third-order valence-electron chi connectivity index (χ3n) is 2.23. The fourth-order valence-corrected chi connectivity index (χ4v) is 2.28. The number of aromatic amines is 1. The predicted octanol–water partition coefficient (Wildman–Crippen LogP) is 3.82. The summed E-state index contributed by atoms with van der Waals surface area (Å²) < 4.78 is 5.90. The zero-order valence-electron chi connectivity index (χ0n) is 8.73. The molecule has 1 heterocycles. The first-order valence-corrected chi connectivity index (χ1v) is 5.82. The number of carbonyl (C=O) groups excluding carboxylic acids is 1. The lowest BCUT2D eigenvalue weighted by Gasteiger charge is -2.03. The number of aryl methyl sites for hydroxylation is 1. The van der Waals surface area contributed by atoms with Crippen LogP contribution in [0.3, 0.4) is 0 Å². The maximum atomic E-state index is 11.0. The van der Waals surface area contributed by atoms with E-state index in [4.69, 9.17) is 16.3 Å². The topological polar surface area (TPSA) is 42.1 Å². The summed E-state index contributed by atoms with van der Waals surface area (Å²) in [5, 5.41) is 1.38. The second-order valence-electron chi connectivity index (χ2n) is 3.46. The number of nitrogens with one attached hydrogen (secondary N) is 1. The van der Waals surface area contributed by atoms with Crippen molar-refractivity contribution in [3.05, 3.63) is 27.3 Å². The molecule has 0 spiro atoms. The Labute approximate surface area is 106 Å². The lowest BCUT2D eigenvalue weighted by molar-refractivity contribution is -0.131. The quantitative estimate of drug-likeness (QED) is 0.814. The molecule has 0 amide bonds. The van der Waals surface area contributed by atoms with Crippen molar-refractivity contribution in [1.29, 1.82) is 0 Å². The van der Waals surface area contributed by atoms with Gasteiger partial charge in [0.2, 0.25) is 0 Å². The second kappa shape index (κ2) is 4.11. The molecule has 5 heteroatoms. The lowest BCUT2D eigenvalue weighted by atomic mass is 10.2. The number of benzene rings is 1. The molecule has 0 atom stereocenters. The number of carbonyl (C=O) groups is 1. The maximum Gasteiger partial charge on any atom is 0.308 e. The number of halogens is 2. The highest BCUT2D eigenvalue weighted by molar-refractivity contribution is 9.10. The Morgan fingerprint density at radius 2 is 2.19 bits per heavy atom. The summed E-state index contributed by atoms with van der Waals surface area (Å²) in [6.07, 6.45) is 0. The van der Waals surface area contributed by atoms with Crippen LogP contribution in [0.15, 0.2) is 16.6 Å². The minimum absolute atomic E-state index is 0.351. The van der Waals surface area contributed by atoms with E-state index in [-0.39, 0.29) is 5.97 Å². The van der Waals surface area contributed by atoms with Crippen LogP contribution in [-0.2, 0) is 4.79 Å². The molecule has 0 aliphatic carbocycles. The van der Waals surface area contributed by atoms with Gasteiger partial charge in [0.25, 0.3) is 0 Å². The fraction of sp³-hybridized carbons (Fsp3) is 0.182. The van der Waals surface area contributed by atoms with Crippen molar-refractivity contribution in [3.63, 3.8) is 0 Å². The second-order valence-corrected chi connectivity index (χ2v) is 4.66. The maximum absolute atomic E-state index is 11.0. The molecule has 2 rings (SSSR count). The Kier molecular flexibility index (Phi) is 2.95. The first-order chi connectivity index (χ1) is 7.50. The molecule has 0 unspecified atom stereocenters. The van der Waals surface area contributed by atoms with Crippen molar-refractivity contribution >= 4 is 44.4 Å². The number of fused-ring (bicyclic) bond motifs is 1. The van der Waals surface area contributed by atoms with Gasteiger partial charge < -0.3 is 9.72 Å². The zero-order valence-corrected chi connectivity index (χ0v) is 11.1. The van der Waals surface area contributed by atoms with Crippen LogP contribution in [0.25, 0.3) is 10.9 Å². The summed E-state index contributed by atoms with van der Waals surface area (Å²) in [6, 6.07) is 3.63. The Morgan fingerprint density at radius 3 is 2.81 bits per heavy atom. The average molecular weight is 303 g/mol. The Bertz CT molecular complexity index is 577. The van der Waals surface area contributed by atoms with E-state index in [1.807, 2.05) is 13.0 Å². The van der Waals surface area contributed by atoms with Crippen molar-refractivity contribution in [1.82, 2.24) is 4.98 Å². The standard InChI is InChI=1S/C11H9BrClNO2/c1-5-11(16-6(2)15)9-8(14-5)4-3-7(13)10(9)12/h3-4,14H,1-2H3. The van der Waals surface area contributed by atoms with Crippen LogP contribution in [-0.4, -0.2) is 11.0 Å². The Balaban J connectivity index is 2.76. The van der Waals surface area contributed by atoms with Crippen molar-refractivity contribution in [2.24, 2.45) is 0 Å². The van der Waals surface area contributed by atoms with Gasteiger partial charge in [-0.3, -0.25) is 4.79 Å². The third-order valence-corrected chi connectivity index (χ3v) is 3.60. The zero-order chi connectivity index (χ0) is 11.9. The first kappa shape index (κ1) is 11.5. The molecule has 84 valence electrons. The predicted molar refractivity (Wildman–Crippen MR) is 67.1 cm³/mol. The van der Waals surface area contributed by atoms with Gasteiger partial charge in [-0.2, -0.15) is 0 Å². The average Bonchev–Trinajstić information content (AvgIpc) is 2.50. The van der Waals surface area contributed by atoms with Gasteiger partial charge in [-0.15, -0.1) is 0 Å². The smallest absolute Gasteiger partial charge is 0.308 e. The number of hydrogen-bond acceptors (Lipinski definition) is 2. The van der Waals surface area contributed by atoms with Gasteiger partial charge in [-0.05, 0) is 35.0 Å². The van der Waals surface area contributed by atoms with Gasteiger partial charge in [-0.1, -0.05) is 11.6 Å². The van der Waals surface area contributed by atoms with Crippen LogP contribution in [0.2, 0.25) is 5.02 Å². The minimum Gasteiger partial charge on any atom is -0.424 e. The number of ether oxygens (including phenoxy) is 1. The van der Waals surface area contributed by atoms with Gasteiger partial charge in [0.1, 0.15) is 0 Å². The third kappa shape index (κ3) is 1.83. The van der Waals surface area contributed by atoms with Gasteiger partial charge in [0, 0.05) is 11.4 Å². The highest BCUT2D eigenvalue weighted by atomic mass is 79.9.